The Morgan fingerprint density at radius 3 is 2.62 bits per heavy atom. The number of rotatable bonds is 2. The fourth-order valence-electron chi connectivity index (χ4n) is 1.56. The van der Waals surface area contributed by atoms with Crippen molar-refractivity contribution >= 4 is 11.5 Å². The van der Waals surface area contributed by atoms with Crippen molar-refractivity contribution in [1.82, 2.24) is 10.2 Å². The third-order valence-electron chi connectivity index (χ3n) is 2.53. The van der Waals surface area contributed by atoms with Gasteiger partial charge in [-0.1, -0.05) is 12.1 Å². The molecule has 0 aliphatic heterocycles. The lowest BCUT2D eigenvalue weighted by molar-refractivity contribution is 0.412. The lowest BCUT2D eigenvalue weighted by atomic mass is 10.1. The first-order valence-corrected chi connectivity index (χ1v) is 4.87. The van der Waals surface area contributed by atoms with Gasteiger partial charge >= 0.3 is 0 Å². The monoisotopic (exact) mass is 218 g/mol. The maximum Gasteiger partial charge on any atom is 0.169 e. The molecule has 0 spiro atoms. The average molecular weight is 218 g/mol. The molecule has 0 saturated heterocycles. The maximum absolute atomic E-state index is 5.80. The van der Waals surface area contributed by atoms with Crippen LogP contribution in [0.2, 0.25) is 0 Å². The second-order valence-electron chi connectivity index (χ2n) is 3.58. The van der Waals surface area contributed by atoms with Crippen molar-refractivity contribution in [3.05, 3.63) is 23.8 Å². The van der Waals surface area contributed by atoms with Crippen LogP contribution in [0, 0.1) is 6.92 Å². The van der Waals surface area contributed by atoms with Crippen molar-refractivity contribution in [2.75, 3.05) is 18.6 Å². The Balaban J connectivity index is 2.52. The number of nitrogen functional groups attached to an aromatic ring is 2. The van der Waals surface area contributed by atoms with Gasteiger partial charge in [-0.15, -0.1) is 0 Å². The number of nitrogens with zero attached hydrogens (tertiary/aromatic N) is 1. The molecule has 0 bridgehead atoms. The van der Waals surface area contributed by atoms with Gasteiger partial charge in [0, 0.05) is 5.56 Å². The van der Waals surface area contributed by atoms with E-state index in [1.807, 2.05) is 25.1 Å². The highest BCUT2D eigenvalue weighted by atomic mass is 16.5. The van der Waals surface area contributed by atoms with E-state index in [1.54, 1.807) is 7.11 Å². The molecule has 1 heterocycles. The maximum atomic E-state index is 5.80. The number of hydrogen-bond acceptors (Lipinski definition) is 4. The zero-order chi connectivity index (χ0) is 11.7. The normalized spacial score (nSPS) is 10.4. The van der Waals surface area contributed by atoms with Gasteiger partial charge in [-0.25, -0.2) is 0 Å². The minimum Gasteiger partial charge on any atom is -0.496 e. The Bertz CT molecular complexity index is 519. The number of aromatic nitrogens is 2. The summed E-state index contributed by atoms with van der Waals surface area (Å²) in [5.41, 5.74) is 14.5. The van der Waals surface area contributed by atoms with Crippen molar-refractivity contribution in [3.8, 4) is 17.0 Å². The van der Waals surface area contributed by atoms with Crippen LogP contribution in [0.4, 0.5) is 11.5 Å². The summed E-state index contributed by atoms with van der Waals surface area (Å²) < 4.78 is 5.25. The van der Waals surface area contributed by atoms with Crippen LogP contribution in [-0.4, -0.2) is 17.3 Å². The molecule has 84 valence electrons. The van der Waals surface area contributed by atoms with Crippen LogP contribution in [0.1, 0.15) is 5.56 Å². The van der Waals surface area contributed by atoms with Gasteiger partial charge in [0.2, 0.25) is 0 Å². The molecule has 2 rings (SSSR count). The van der Waals surface area contributed by atoms with E-state index in [2.05, 4.69) is 10.2 Å². The van der Waals surface area contributed by atoms with Gasteiger partial charge in [-0.05, 0) is 18.6 Å². The summed E-state index contributed by atoms with van der Waals surface area (Å²) >= 11 is 0. The average Bonchev–Trinajstić information content (AvgIpc) is 2.61. The fourth-order valence-corrected chi connectivity index (χ4v) is 1.56. The number of nitrogens with one attached hydrogen (secondary N) is 1. The molecule has 0 saturated carbocycles. The third-order valence-corrected chi connectivity index (χ3v) is 2.53. The largest absolute Gasteiger partial charge is 0.496 e. The van der Waals surface area contributed by atoms with E-state index in [9.17, 15) is 0 Å². The van der Waals surface area contributed by atoms with E-state index in [4.69, 9.17) is 16.2 Å². The zero-order valence-electron chi connectivity index (χ0n) is 9.24. The summed E-state index contributed by atoms with van der Waals surface area (Å²) in [5, 5.41) is 6.66. The summed E-state index contributed by atoms with van der Waals surface area (Å²) in [6.45, 7) is 1.98. The fraction of sp³-hybridized carbons (Fsp3) is 0.182. The van der Waals surface area contributed by atoms with Crippen molar-refractivity contribution < 1.29 is 4.74 Å². The lowest BCUT2D eigenvalue weighted by Gasteiger charge is -2.06. The molecule has 2 aromatic rings. The minimum atomic E-state index is 0.314. The third kappa shape index (κ3) is 1.56. The van der Waals surface area contributed by atoms with Crippen LogP contribution < -0.4 is 16.2 Å². The van der Waals surface area contributed by atoms with Crippen molar-refractivity contribution in [2.24, 2.45) is 0 Å². The molecule has 0 unspecified atom stereocenters. The number of anilines is 2. The summed E-state index contributed by atoms with van der Waals surface area (Å²) in [5.74, 6) is 1.12. The molecular weight excluding hydrogens is 204 g/mol. The van der Waals surface area contributed by atoms with E-state index in [-0.39, 0.29) is 0 Å². The molecule has 0 aliphatic rings. The Morgan fingerprint density at radius 2 is 2.06 bits per heavy atom. The Kier molecular flexibility index (Phi) is 2.44. The molecule has 0 radical (unpaired) electrons. The first-order chi connectivity index (χ1) is 7.63. The smallest absolute Gasteiger partial charge is 0.169 e. The van der Waals surface area contributed by atoms with Crippen molar-refractivity contribution in [3.63, 3.8) is 0 Å². The highest BCUT2D eigenvalue weighted by molar-refractivity contribution is 5.80. The predicted octanol–water partition coefficient (Wildman–Crippen LogP) is 1.56. The molecule has 5 nitrogen and oxygen atoms in total. The van der Waals surface area contributed by atoms with E-state index in [1.165, 1.54) is 0 Å². The number of nitrogens with two attached hydrogens (primary N) is 2. The van der Waals surface area contributed by atoms with Gasteiger partial charge in [0.25, 0.3) is 0 Å². The first kappa shape index (κ1) is 10.4. The van der Waals surface area contributed by atoms with Gasteiger partial charge in [0.1, 0.15) is 11.4 Å². The highest BCUT2D eigenvalue weighted by Crippen LogP contribution is 2.31. The van der Waals surface area contributed by atoms with Crippen LogP contribution in [0.5, 0.6) is 5.75 Å². The quantitative estimate of drug-likeness (QED) is 0.713. The second kappa shape index (κ2) is 3.77. The Morgan fingerprint density at radius 1 is 1.31 bits per heavy atom. The molecule has 16 heavy (non-hydrogen) atoms. The molecule has 0 atom stereocenters. The number of ether oxygens (including phenoxy) is 1. The van der Waals surface area contributed by atoms with Crippen LogP contribution >= 0.6 is 0 Å². The van der Waals surface area contributed by atoms with Crippen LogP contribution in [0.3, 0.4) is 0 Å². The summed E-state index contributed by atoms with van der Waals surface area (Å²) in [7, 11) is 1.64. The number of aromatic amines is 1. The number of benzene rings is 1. The SMILES string of the molecule is COc1cc(-c2[nH]nc(N)c2N)ccc1C. The molecular formula is C11H14N4O. The van der Waals surface area contributed by atoms with Gasteiger partial charge in [-0.3, -0.25) is 5.10 Å². The van der Waals surface area contributed by atoms with Gasteiger partial charge in [0.15, 0.2) is 5.82 Å². The minimum absolute atomic E-state index is 0.314. The number of H-pyrrole nitrogens is 1. The Labute approximate surface area is 93.4 Å². The van der Waals surface area contributed by atoms with E-state index in [0.29, 0.717) is 11.5 Å². The van der Waals surface area contributed by atoms with Crippen LogP contribution in [-0.2, 0) is 0 Å². The summed E-state index contributed by atoms with van der Waals surface area (Å²) in [6.07, 6.45) is 0. The second-order valence-corrected chi connectivity index (χ2v) is 3.58. The van der Waals surface area contributed by atoms with Crippen molar-refractivity contribution in [2.45, 2.75) is 6.92 Å². The molecule has 0 aliphatic carbocycles. The zero-order valence-corrected chi connectivity index (χ0v) is 9.24. The molecule has 1 aromatic heterocycles. The first-order valence-electron chi connectivity index (χ1n) is 4.87. The molecule has 0 amide bonds. The molecule has 1 aromatic carbocycles. The van der Waals surface area contributed by atoms with Gasteiger partial charge in [-0.2, -0.15) is 5.10 Å². The summed E-state index contributed by atoms with van der Waals surface area (Å²) in [6, 6.07) is 5.81. The number of methoxy groups -OCH3 is 1. The van der Waals surface area contributed by atoms with Gasteiger partial charge in [0.05, 0.1) is 12.8 Å². The van der Waals surface area contributed by atoms with Gasteiger partial charge < -0.3 is 16.2 Å². The van der Waals surface area contributed by atoms with E-state index >= 15 is 0 Å². The lowest BCUT2D eigenvalue weighted by Crippen LogP contribution is -1.93. The van der Waals surface area contributed by atoms with Crippen LogP contribution in [0.25, 0.3) is 11.3 Å². The highest BCUT2D eigenvalue weighted by Gasteiger charge is 2.10. The topological polar surface area (TPSA) is 89.9 Å². The number of aryl methyl sites for hydroxylation is 1. The van der Waals surface area contributed by atoms with E-state index < -0.39 is 0 Å². The van der Waals surface area contributed by atoms with Crippen LogP contribution in [0.15, 0.2) is 18.2 Å². The Hall–Kier alpha value is -2.17. The standard InChI is InChI=1S/C11H14N4O/c1-6-3-4-7(5-8(6)16-2)10-9(12)11(13)15-14-10/h3-5H,12H2,1-2H3,(H3,13,14,15). The number of hydrogen-bond donors (Lipinski definition) is 3. The summed E-state index contributed by atoms with van der Waals surface area (Å²) in [4.78, 5) is 0. The predicted molar refractivity (Wildman–Crippen MR) is 64.1 cm³/mol. The molecule has 5 heteroatoms. The molecule has 5 N–H and O–H groups in total. The molecule has 0 fully saturated rings. The van der Waals surface area contributed by atoms with E-state index in [0.717, 1.165) is 22.6 Å². The van der Waals surface area contributed by atoms with Crippen molar-refractivity contribution in [1.29, 1.82) is 0 Å².